The predicted octanol–water partition coefficient (Wildman–Crippen LogP) is 2.19. The number of anilines is 1. The standard InChI is InChI=1S/C11H13N3O/c1-3-10-13-11(15-14-10)8-5-4-7(2)9(12)6-8/h4-6H,3,12H2,1-2H3. The summed E-state index contributed by atoms with van der Waals surface area (Å²) in [7, 11) is 0. The lowest BCUT2D eigenvalue weighted by molar-refractivity contribution is 0.423. The van der Waals surface area contributed by atoms with E-state index in [0.717, 1.165) is 23.2 Å². The van der Waals surface area contributed by atoms with Gasteiger partial charge in [-0.3, -0.25) is 0 Å². The topological polar surface area (TPSA) is 64.9 Å². The second-order valence-electron chi connectivity index (χ2n) is 3.44. The molecule has 15 heavy (non-hydrogen) atoms. The third-order valence-electron chi connectivity index (χ3n) is 2.31. The predicted molar refractivity (Wildman–Crippen MR) is 58.3 cm³/mol. The zero-order valence-corrected chi connectivity index (χ0v) is 8.82. The molecule has 4 nitrogen and oxygen atoms in total. The van der Waals surface area contributed by atoms with E-state index >= 15 is 0 Å². The van der Waals surface area contributed by atoms with Crippen LogP contribution in [0, 0.1) is 6.92 Å². The van der Waals surface area contributed by atoms with E-state index in [1.54, 1.807) is 0 Å². The maximum Gasteiger partial charge on any atom is 0.257 e. The summed E-state index contributed by atoms with van der Waals surface area (Å²) < 4.78 is 5.12. The van der Waals surface area contributed by atoms with Crippen molar-refractivity contribution in [2.24, 2.45) is 0 Å². The molecule has 0 aliphatic carbocycles. The molecule has 4 heteroatoms. The summed E-state index contributed by atoms with van der Waals surface area (Å²) in [6.45, 7) is 3.95. The fourth-order valence-electron chi connectivity index (χ4n) is 1.29. The fraction of sp³-hybridized carbons (Fsp3) is 0.273. The zero-order chi connectivity index (χ0) is 10.8. The van der Waals surface area contributed by atoms with Gasteiger partial charge in [0.15, 0.2) is 5.82 Å². The van der Waals surface area contributed by atoms with Crippen molar-refractivity contribution in [1.29, 1.82) is 0 Å². The van der Waals surface area contributed by atoms with E-state index in [0.29, 0.717) is 11.7 Å². The first kappa shape index (κ1) is 9.71. The fourth-order valence-corrected chi connectivity index (χ4v) is 1.29. The summed E-state index contributed by atoms with van der Waals surface area (Å²) in [4.78, 5) is 4.24. The lowest BCUT2D eigenvalue weighted by Gasteiger charge is -2.00. The third kappa shape index (κ3) is 1.83. The Kier molecular flexibility index (Phi) is 2.41. The zero-order valence-electron chi connectivity index (χ0n) is 8.82. The number of rotatable bonds is 2. The van der Waals surface area contributed by atoms with Crippen molar-refractivity contribution in [2.75, 3.05) is 5.73 Å². The molecule has 0 unspecified atom stereocenters. The number of aromatic nitrogens is 2. The highest BCUT2D eigenvalue weighted by Crippen LogP contribution is 2.22. The van der Waals surface area contributed by atoms with Gasteiger partial charge in [0.05, 0.1) is 0 Å². The minimum absolute atomic E-state index is 0.526. The largest absolute Gasteiger partial charge is 0.398 e. The molecule has 0 amide bonds. The van der Waals surface area contributed by atoms with Crippen LogP contribution >= 0.6 is 0 Å². The Bertz CT molecular complexity index is 476. The number of aryl methyl sites for hydroxylation is 2. The molecular formula is C11H13N3O. The molecular weight excluding hydrogens is 190 g/mol. The van der Waals surface area contributed by atoms with E-state index in [2.05, 4.69) is 10.1 Å². The minimum atomic E-state index is 0.526. The Labute approximate surface area is 88.1 Å². The van der Waals surface area contributed by atoms with E-state index in [1.165, 1.54) is 0 Å². The summed E-state index contributed by atoms with van der Waals surface area (Å²) in [6, 6.07) is 5.72. The van der Waals surface area contributed by atoms with Gasteiger partial charge in [0.2, 0.25) is 0 Å². The maximum atomic E-state index is 5.81. The summed E-state index contributed by atoms with van der Waals surface area (Å²) in [6.07, 6.45) is 0.769. The Hall–Kier alpha value is -1.84. The van der Waals surface area contributed by atoms with Crippen molar-refractivity contribution < 1.29 is 4.52 Å². The van der Waals surface area contributed by atoms with Crippen LogP contribution in [0.3, 0.4) is 0 Å². The van der Waals surface area contributed by atoms with E-state index in [9.17, 15) is 0 Å². The van der Waals surface area contributed by atoms with Crippen LogP contribution in [0.2, 0.25) is 0 Å². The average Bonchev–Trinajstić information content (AvgIpc) is 2.70. The van der Waals surface area contributed by atoms with Gasteiger partial charge in [0, 0.05) is 17.7 Å². The highest BCUT2D eigenvalue weighted by molar-refractivity contribution is 5.62. The van der Waals surface area contributed by atoms with Crippen LogP contribution < -0.4 is 5.73 Å². The van der Waals surface area contributed by atoms with E-state index in [1.807, 2.05) is 32.0 Å². The van der Waals surface area contributed by atoms with Gasteiger partial charge in [0.25, 0.3) is 5.89 Å². The molecule has 1 heterocycles. The summed E-state index contributed by atoms with van der Waals surface area (Å²) >= 11 is 0. The van der Waals surface area contributed by atoms with Crippen LogP contribution in [0.4, 0.5) is 5.69 Å². The Morgan fingerprint density at radius 2 is 2.20 bits per heavy atom. The number of hydrogen-bond acceptors (Lipinski definition) is 4. The van der Waals surface area contributed by atoms with E-state index in [4.69, 9.17) is 10.3 Å². The van der Waals surface area contributed by atoms with Gasteiger partial charge in [-0.15, -0.1) is 0 Å². The van der Waals surface area contributed by atoms with Crippen molar-refractivity contribution in [3.8, 4) is 11.5 Å². The van der Waals surface area contributed by atoms with Crippen LogP contribution in [0.25, 0.3) is 11.5 Å². The molecule has 0 saturated heterocycles. The summed E-state index contributed by atoms with van der Waals surface area (Å²) in [5.41, 5.74) is 8.46. The molecule has 0 aliphatic rings. The highest BCUT2D eigenvalue weighted by atomic mass is 16.5. The Morgan fingerprint density at radius 3 is 2.80 bits per heavy atom. The number of nitrogens with zero attached hydrogens (tertiary/aromatic N) is 2. The van der Waals surface area contributed by atoms with E-state index < -0.39 is 0 Å². The Balaban J connectivity index is 2.40. The average molecular weight is 203 g/mol. The number of hydrogen-bond donors (Lipinski definition) is 1. The molecule has 0 spiro atoms. The van der Waals surface area contributed by atoms with Crippen LogP contribution in [0.5, 0.6) is 0 Å². The number of nitrogens with two attached hydrogens (primary N) is 1. The maximum absolute atomic E-state index is 5.81. The first-order chi connectivity index (χ1) is 7.20. The second kappa shape index (κ2) is 3.73. The molecule has 2 N–H and O–H groups in total. The van der Waals surface area contributed by atoms with E-state index in [-0.39, 0.29) is 0 Å². The molecule has 0 fully saturated rings. The highest BCUT2D eigenvalue weighted by Gasteiger charge is 2.08. The van der Waals surface area contributed by atoms with Crippen molar-refractivity contribution in [1.82, 2.24) is 10.1 Å². The Morgan fingerprint density at radius 1 is 1.40 bits per heavy atom. The second-order valence-corrected chi connectivity index (χ2v) is 3.44. The van der Waals surface area contributed by atoms with Crippen molar-refractivity contribution >= 4 is 5.69 Å². The third-order valence-corrected chi connectivity index (χ3v) is 2.31. The monoisotopic (exact) mass is 203 g/mol. The van der Waals surface area contributed by atoms with Gasteiger partial charge < -0.3 is 10.3 Å². The molecule has 2 rings (SSSR count). The lowest BCUT2D eigenvalue weighted by atomic mass is 10.1. The van der Waals surface area contributed by atoms with Crippen molar-refractivity contribution in [3.63, 3.8) is 0 Å². The first-order valence-corrected chi connectivity index (χ1v) is 4.89. The molecule has 1 aromatic heterocycles. The molecule has 0 atom stereocenters. The molecule has 2 aromatic rings. The summed E-state index contributed by atoms with van der Waals surface area (Å²) in [5.74, 6) is 1.24. The van der Waals surface area contributed by atoms with Crippen LogP contribution in [0.15, 0.2) is 22.7 Å². The van der Waals surface area contributed by atoms with Crippen molar-refractivity contribution in [3.05, 3.63) is 29.6 Å². The summed E-state index contributed by atoms with van der Waals surface area (Å²) in [5, 5.41) is 3.84. The first-order valence-electron chi connectivity index (χ1n) is 4.89. The molecule has 78 valence electrons. The van der Waals surface area contributed by atoms with Gasteiger partial charge in [-0.25, -0.2) is 0 Å². The van der Waals surface area contributed by atoms with Crippen LogP contribution in [-0.4, -0.2) is 10.1 Å². The van der Waals surface area contributed by atoms with Gasteiger partial charge in [-0.1, -0.05) is 18.1 Å². The molecule has 0 bridgehead atoms. The van der Waals surface area contributed by atoms with Crippen LogP contribution in [-0.2, 0) is 6.42 Å². The molecule has 0 saturated carbocycles. The quantitative estimate of drug-likeness (QED) is 0.760. The SMILES string of the molecule is CCc1noc(-c2ccc(C)c(N)c2)n1. The van der Waals surface area contributed by atoms with Gasteiger partial charge in [0.1, 0.15) is 0 Å². The smallest absolute Gasteiger partial charge is 0.257 e. The van der Waals surface area contributed by atoms with Gasteiger partial charge in [-0.2, -0.15) is 4.98 Å². The van der Waals surface area contributed by atoms with Crippen LogP contribution in [0.1, 0.15) is 18.3 Å². The minimum Gasteiger partial charge on any atom is -0.398 e. The molecule has 0 radical (unpaired) electrons. The number of benzene rings is 1. The molecule has 0 aliphatic heterocycles. The van der Waals surface area contributed by atoms with Gasteiger partial charge in [-0.05, 0) is 24.6 Å². The number of nitrogen functional groups attached to an aromatic ring is 1. The lowest BCUT2D eigenvalue weighted by Crippen LogP contribution is -1.90. The van der Waals surface area contributed by atoms with Gasteiger partial charge >= 0.3 is 0 Å². The molecule has 1 aromatic carbocycles. The van der Waals surface area contributed by atoms with Crippen molar-refractivity contribution in [2.45, 2.75) is 20.3 Å². The normalized spacial score (nSPS) is 10.5.